The lowest BCUT2D eigenvalue weighted by Gasteiger charge is -2.06. The van der Waals surface area contributed by atoms with Crippen molar-refractivity contribution in [3.8, 4) is 0 Å². The molecule has 5 heterocycles. The number of aromatic nitrogens is 1. The fourth-order valence-corrected chi connectivity index (χ4v) is 5.20. The second-order valence-electron chi connectivity index (χ2n) is 10.2. The fourth-order valence-electron chi connectivity index (χ4n) is 5.20. The number of fused-ring (bicyclic) bond motifs is 6. The first-order chi connectivity index (χ1) is 19.2. The van der Waals surface area contributed by atoms with Crippen molar-refractivity contribution in [2.75, 3.05) is 14.2 Å². The largest absolute Gasteiger partial charge is 0.469 e. The van der Waals surface area contributed by atoms with Gasteiger partial charge in [-0.15, -0.1) is 0 Å². The lowest BCUT2D eigenvalue weighted by Crippen LogP contribution is -2.18. The van der Waals surface area contributed by atoms with E-state index in [4.69, 9.17) is 14.1 Å². The third-order valence-corrected chi connectivity index (χ3v) is 7.58. The van der Waals surface area contributed by atoms with Crippen LogP contribution in [0.25, 0.3) is 12.2 Å². The molecule has 0 atom stereocenters. The van der Waals surface area contributed by atoms with Gasteiger partial charge in [0, 0.05) is 34.7 Å². The molecule has 4 aliphatic heterocycles. The van der Waals surface area contributed by atoms with E-state index in [1.54, 1.807) is 0 Å². The highest BCUT2D eigenvalue weighted by molar-refractivity contribution is 6.30. The van der Waals surface area contributed by atoms with Crippen molar-refractivity contribution in [2.45, 2.75) is 53.4 Å². The number of hydrogen-bond donors (Lipinski definition) is 3. The van der Waals surface area contributed by atoms with Crippen LogP contribution in [-0.2, 0) is 25.5 Å². The van der Waals surface area contributed by atoms with Crippen LogP contribution in [0.1, 0.15) is 51.2 Å². The summed E-state index contributed by atoms with van der Waals surface area (Å²) in [6.07, 6.45) is 9.62. The van der Waals surface area contributed by atoms with E-state index in [1.165, 1.54) is 14.2 Å². The minimum atomic E-state index is -0.270. The van der Waals surface area contributed by atoms with E-state index in [0.717, 1.165) is 78.3 Å². The molecule has 0 fully saturated rings. The monoisotopic (exact) mass is 537 g/mol. The van der Waals surface area contributed by atoms with E-state index in [9.17, 15) is 9.59 Å². The molecule has 3 N–H and O–H groups in total. The van der Waals surface area contributed by atoms with Crippen LogP contribution in [-0.4, -0.2) is 42.6 Å². The summed E-state index contributed by atoms with van der Waals surface area (Å²) < 4.78 is 14.8. The first kappa shape index (κ1) is 26.9. The van der Waals surface area contributed by atoms with Gasteiger partial charge in [0.25, 0.3) is 0 Å². The lowest BCUT2D eigenvalue weighted by atomic mass is 9.97. The normalized spacial score (nSPS) is 21.4. The van der Waals surface area contributed by atoms with Gasteiger partial charge in [0.05, 0.1) is 60.3 Å². The summed E-state index contributed by atoms with van der Waals surface area (Å²) in [7, 11) is 2.80. The van der Waals surface area contributed by atoms with Crippen LogP contribution in [0, 0.1) is 6.92 Å². The second kappa shape index (κ2) is 10.8. The average Bonchev–Trinajstić information content (AvgIpc) is 3.62. The highest BCUT2D eigenvalue weighted by Gasteiger charge is 2.31. The number of aromatic amines is 1. The molecule has 0 saturated carbocycles. The third kappa shape index (κ3) is 5.25. The van der Waals surface area contributed by atoms with E-state index in [1.807, 2.05) is 52.0 Å². The molecule has 0 saturated heterocycles. The van der Waals surface area contributed by atoms with Crippen LogP contribution in [0.3, 0.4) is 0 Å². The quantitative estimate of drug-likeness (QED) is 0.292. The number of carbonyl (C=O) groups excluding carboxylic acids is 2. The highest BCUT2D eigenvalue weighted by atomic mass is 16.5. The number of methoxy groups -OCH3 is 2. The van der Waals surface area contributed by atoms with Gasteiger partial charge in [0.2, 0.25) is 0 Å². The summed E-state index contributed by atoms with van der Waals surface area (Å²) in [5, 5.41) is 8.70. The Balaban J connectivity index is 1.73. The van der Waals surface area contributed by atoms with E-state index in [0.29, 0.717) is 12.8 Å². The Bertz CT molecular complexity index is 1790. The van der Waals surface area contributed by atoms with Gasteiger partial charge in [-0.1, -0.05) is 16.1 Å². The maximum Gasteiger partial charge on any atom is 0.333 e. The van der Waals surface area contributed by atoms with Gasteiger partial charge in [0.15, 0.2) is 0 Å². The van der Waals surface area contributed by atoms with Gasteiger partial charge in [-0.2, -0.15) is 0 Å². The average molecular weight is 538 g/mol. The predicted molar refractivity (Wildman–Crippen MR) is 155 cm³/mol. The molecule has 1 aromatic rings. The van der Waals surface area contributed by atoms with Crippen LogP contribution in [0.4, 0.5) is 0 Å². The Morgan fingerprint density at radius 1 is 0.775 bits per heavy atom. The van der Waals surface area contributed by atoms with Gasteiger partial charge in [-0.3, -0.25) is 9.59 Å². The Morgan fingerprint density at radius 2 is 1.38 bits per heavy atom. The van der Waals surface area contributed by atoms with Crippen LogP contribution in [0.5, 0.6) is 0 Å². The van der Waals surface area contributed by atoms with Crippen LogP contribution >= 0.6 is 0 Å². The van der Waals surface area contributed by atoms with Gasteiger partial charge >= 0.3 is 23.4 Å². The molecule has 0 amide bonds. The van der Waals surface area contributed by atoms with Gasteiger partial charge < -0.3 is 25.1 Å². The number of esters is 2. The number of nitrogens with one attached hydrogen (secondary N) is 3. The highest BCUT2D eigenvalue weighted by Crippen LogP contribution is 2.23. The molecule has 0 aliphatic carbocycles. The van der Waals surface area contributed by atoms with Crippen molar-refractivity contribution in [1.29, 1.82) is 0 Å². The molecule has 4 aliphatic rings. The molecule has 5 rings (SSSR count). The molecule has 0 unspecified atom stereocenters. The first-order valence-corrected chi connectivity index (χ1v) is 13.3. The van der Waals surface area contributed by atoms with Crippen molar-refractivity contribution in [2.24, 2.45) is 0 Å². The Morgan fingerprint density at radius 3 is 2.02 bits per heavy atom. The SMILES string of the molecule is COC(=O)CCC1=C(C)C2=[N+]=C1/C=c1\[nH]/c(c(C)c1CCC(=O)OC)=C\C1=C=C(C)/C(=C/C3=C=C(C)/C(=C/2)N3)N1. The number of hydrogen-bond acceptors (Lipinski definition) is 6. The number of carbonyl (C=O) groups is 2. The van der Waals surface area contributed by atoms with Crippen molar-refractivity contribution in [3.63, 3.8) is 0 Å². The molecular formula is C32H33N4O4+. The molecule has 8 heteroatoms. The van der Waals surface area contributed by atoms with E-state index in [-0.39, 0.29) is 24.8 Å². The molecule has 0 radical (unpaired) electrons. The zero-order valence-electron chi connectivity index (χ0n) is 23.7. The molecule has 1 aromatic heterocycles. The molecule has 40 heavy (non-hydrogen) atoms. The van der Waals surface area contributed by atoms with Crippen molar-refractivity contribution in [1.82, 2.24) is 20.3 Å². The van der Waals surface area contributed by atoms with Gasteiger partial charge in [-0.05, 0) is 63.8 Å². The number of nitrogens with zero attached hydrogens (tertiary/aromatic N) is 1. The second-order valence-corrected chi connectivity index (χ2v) is 10.2. The van der Waals surface area contributed by atoms with Crippen molar-refractivity contribution < 1.29 is 19.1 Å². The smallest absolute Gasteiger partial charge is 0.333 e. The topological polar surface area (TPSA) is 107 Å². The zero-order valence-corrected chi connectivity index (χ0v) is 23.7. The lowest BCUT2D eigenvalue weighted by molar-refractivity contribution is -0.141. The Labute approximate surface area is 233 Å². The Kier molecular flexibility index (Phi) is 7.25. The van der Waals surface area contributed by atoms with Crippen LogP contribution < -0.4 is 26.0 Å². The van der Waals surface area contributed by atoms with Crippen molar-refractivity contribution in [3.05, 3.63) is 90.5 Å². The zero-order chi connectivity index (χ0) is 28.6. The van der Waals surface area contributed by atoms with E-state index >= 15 is 0 Å². The summed E-state index contributed by atoms with van der Waals surface area (Å²) in [6.45, 7) is 8.11. The number of rotatable bonds is 6. The molecule has 204 valence electrons. The molecule has 8 bridgehead atoms. The van der Waals surface area contributed by atoms with Gasteiger partial charge in [-0.25, -0.2) is 0 Å². The third-order valence-electron chi connectivity index (χ3n) is 7.58. The van der Waals surface area contributed by atoms with Gasteiger partial charge in [0.1, 0.15) is 0 Å². The Hall–Kier alpha value is -4.73. The summed E-state index contributed by atoms with van der Waals surface area (Å²) in [6, 6.07) is 0. The minimum absolute atomic E-state index is 0.250. The standard InChI is InChI=1S/C32H32N4O4/c1-17-11-22-14-27-19(3)23(7-9-31(37)39-5)29(35-27)16-30-24(8-10-32(38)40-6)20(4)28(36-30)15-26-18(2)12-21(34-26)13-25(17)33-22/h13-16,33H,7-10H2,1-6H3,(H,34,35,36)/p+1/b25-13-,27-14-. The predicted octanol–water partition coefficient (Wildman–Crippen LogP) is 2.07. The minimum Gasteiger partial charge on any atom is -0.469 e. The number of ether oxygens (including phenoxy) is 2. The van der Waals surface area contributed by atoms with E-state index < -0.39 is 0 Å². The van der Waals surface area contributed by atoms with Crippen LogP contribution in [0.2, 0.25) is 0 Å². The van der Waals surface area contributed by atoms with E-state index in [2.05, 4.69) is 27.1 Å². The maximum absolute atomic E-state index is 12.0. The molecular weight excluding hydrogens is 504 g/mol. The maximum atomic E-state index is 12.0. The summed E-state index contributed by atoms with van der Waals surface area (Å²) in [5.74, 6) is -0.535. The summed E-state index contributed by atoms with van der Waals surface area (Å²) >= 11 is 0. The fraction of sp³-hybridized carbons (Fsp3) is 0.312. The first-order valence-electron chi connectivity index (χ1n) is 13.3. The molecule has 0 aromatic carbocycles. The van der Waals surface area contributed by atoms with Crippen LogP contribution in [0.15, 0.2) is 68.7 Å². The molecule has 0 spiro atoms. The summed E-state index contributed by atoms with van der Waals surface area (Å²) in [4.78, 5) is 27.6. The number of allylic oxidation sites excluding steroid dienone is 5. The van der Waals surface area contributed by atoms with Crippen molar-refractivity contribution >= 4 is 35.5 Å². The molecule has 8 nitrogen and oxygen atoms in total. The number of H-pyrrole nitrogens is 1. The summed E-state index contributed by atoms with van der Waals surface area (Å²) in [5.41, 5.74) is 18.0.